The molecular formula is C20H16O2. The molecule has 0 spiro atoms. The first kappa shape index (κ1) is 13.0. The van der Waals surface area contributed by atoms with E-state index in [-0.39, 0.29) is 0 Å². The summed E-state index contributed by atoms with van der Waals surface area (Å²) in [6.07, 6.45) is 3.97. The van der Waals surface area contributed by atoms with Crippen LogP contribution in [0.4, 0.5) is 0 Å². The number of hydrogen-bond acceptors (Lipinski definition) is 2. The van der Waals surface area contributed by atoms with Crippen molar-refractivity contribution in [2.75, 3.05) is 0 Å². The van der Waals surface area contributed by atoms with E-state index in [0.29, 0.717) is 0 Å². The maximum atomic E-state index is 5.91. The summed E-state index contributed by atoms with van der Waals surface area (Å²) < 4.78 is 11.8. The van der Waals surface area contributed by atoms with Gasteiger partial charge in [-0.1, -0.05) is 36.4 Å². The first-order chi connectivity index (χ1) is 10.7. The van der Waals surface area contributed by atoms with E-state index in [9.17, 15) is 0 Å². The molecule has 0 radical (unpaired) electrons. The molecule has 4 aromatic rings. The smallest absolute Gasteiger partial charge is 0.135 e. The third-order valence-corrected chi connectivity index (χ3v) is 4.15. The van der Waals surface area contributed by atoms with Crippen LogP contribution < -0.4 is 0 Å². The highest BCUT2D eigenvalue weighted by atomic mass is 16.3. The highest BCUT2D eigenvalue weighted by Crippen LogP contribution is 2.29. The quantitative estimate of drug-likeness (QED) is 0.454. The van der Waals surface area contributed by atoms with Crippen molar-refractivity contribution in [3.63, 3.8) is 0 Å². The lowest BCUT2D eigenvalue weighted by molar-refractivity contribution is 0.596. The Morgan fingerprint density at radius 1 is 0.636 bits per heavy atom. The van der Waals surface area contributed by atoms with Crippen molar-refractivity contribution in [3.8, 4) is 0 Å². The average molecular weight is 288 g/mol. The Morgan fingerprint density at radius 2 is 1.05 bits per heavy atom. The lowest BCUT2D eigenvalue weighted by atomic mass is 10.1. The van der Waals surface area contributed by atoms with Gasteiger partial charge in [0.2, 0.25) is 0 Å². The van der Waals surface area contributed by atoms with Gasteiger partial charge in [0, 0.05) is 21.9 Å². The Morgan fingerprint density at radius 3 is 1.45 bits per heavy atom. The zero-order chi connectivity index (χ0) is 15.1. The summed E-state index contributed by atoms with van der Waals surface area (Å²) >= 11 is 0. The Labute approximate surface area is 128 Å². The van der Waals surface area contributed by atoms with E-state index in [1.165, 1.54) is 0 Å². The van der Waals surface area contributed by atoms with E-state index in [1.807, 2.05) is 48.6 Å². The second-order valence-corrected chi connectivity index (χ2v) is 5.51. The zero-order valence-corrected chi connectivity index (χ0v) is 12.6. The van der Waals surface area contributed by atoms with Gasteiger partial charge in [-0.15, -0.1) is 0 Å². The number of benzene rings is 2. The molecule has 4 rings (SSSR count). The molecule has 2 heteroatoms. The summed E-state index contributed by atoms with van der Waals surface area (Å²) in [5.74, 6) is 1.75. The van der Waals surface area contributed by atoms with Gasteiger partial charge < -0.3 is 8.83 Å². The number of para-hydroxylation sites is 2. The summed E-state index contributed by atoms with van der Waals surface area (Å²) in [5, 5.41) is 2.31. The molecule has 0 aliphatic heterocycles. The first-order valence-corrected chi connectivity index (χ1v) is 7.38. The normalized spacial score (nSPS) is 11.9. The van der Waals surface area contributed by atoms with E-state index in [1.54, 1.807) is 0 Å². The molecule has 2 heterocycles. The van der Waals surface area contributed by atoms with Gasteiger partial charge in [0.15, 0.2) is 0 Å². The number of furan rings is 2. The molecule has 0 aliphatic carbocycles. The van der Waals surface area contributed by atoms with E-state index >= 15 is 0 Å². The topological polar surface area (TPSA) is 26.3 Å². The third-order valence-electron chi connectivity index (χ3n) is 4.15. The summed E-state index contributed by atoms with van der Waals surface area (Å²) in [6, 6.07) is 16.2. The molecule has 0 saturated carbocycles. The van der Waals surface area contributed by atoms with E-state index < -0.39 is 0 Å². The minimum Gasteiger partial charge on any atom is -0.456 e. The van der Waals surface area contributed by atoms with Crippen molar-refractivity contribution < 1.29 is 8.83 Å². The third kappa shape index (κ3) is 1.96. The van der Waals surface area contributed by atoms with Crippen molar-refractivity contribution in [1.82, 2.24) is 0 Å². The second-order valence-electron chi connectivity index (χ2n) is 5.51. The van der Waals surface area contributed by atoms with Gasteiger partial charge >= 0.3 is 0 Å². The molecular weight excluding hydrogens is 272 g/mol. The zero-order valence-electron chi connectivity index (χ0n) is 12.6. The van der Waals surface area contributed by atoms with Crippen molar-refractivity contribution >= 4 is 34.1 Å². The van der Waals surface area contributed by atoms with Crippen LogP contribution in [-0.2, 0) is 0 Å². The molecule has 2 aromatic heterocycles. The van der Waals surface area contributed by atoms with Crippen molar-refractivity contribution in [2.45, 2.75) is 13.8 Å². The van der Waals surface area contributed by atoms with Crippen molar-refractivity contribution in [3.05, 3.63) is 71.2 Å². The minimum absolute atomic E-state index is 0.876. The van der Waals surface area contributed by atoms with Gasteiger partial charge in [0.05, 0.1) is 0 Å². The lowest BCUT2D eigenvalue weighted by Crippen LogP contribution is -1.74. The standard InChI is InChI=1S/C20H16O2/c1-13-15-7-3-5-9-19(15)21-17(13)11-12-18-14(2)16-8-4-6-10-20(16)22-18/h3-12H,1-2H3/b12-11-. The van der Waals surface area contributed by atoms with Crippen molar-refractivity contribution in [1.29, 1.82) is 0 Å². The van der Waals surface area contributed by atoms with E-state index in [0.717, 1.165) is 44.6 Å². The fourth-order valence-corrected chi connectivity index (χ4v) is 2.86. The van der Waals surface area contributed by atoms with Gasteiger partial charge in [0.1, 0.15) is 22.7 Å². The van der Waals surface area contributed by atoms with Gasteiger partial charge in [-0.25, -0.2) is 0 Å². The fourth-order valence-electron chi connectivity index (χ4n) is 2.86. The summed E-state index contributed by atoms with van der Waals surface area (Å²) in [6.45, 7) is 4.16. The van der Waals surface area contributed by atoms with Gasteiger partial charge in [-0.05, 0) is 38.1 Å². The van der Waals surface area contributed by atoms with Crippen LogP contribution in [0.2, 0.25) is 0 Å². The molecule has 0 aliphatic rings. The molecule has 108 valence electrons. The Hall–Kier alpha value is -2.74. The van der Waals surface area contributed by atoms with Crippen LogP contribution in [0.1, 0.15) is 22.6 Å². The molecule has 0 N–H and O–H groups in total. The number of aryl methyl sites for hydroxylation is 2. The Bertz CT molecular complexity index is 917. The fraction of sp³-hybridized carbons (Fsp3) is 0.100. The van der Waals surface area contributed by atoms with Crippen LogP contribution in [-0.4, -0.2) is 0 Å². The van der Waals surface area contributed by atoms with E-state index in [2.05, 4.69) is 26.0 Å². The lowest BCUT2D eigenvalue weighted by Gasteiger charge is -1.90. The second kappa shape index (κ2) is 4.92. The number of hydrogen-bond donors (Lipinski definition) is 0. The van der Waals surface area contributed by atoms with Crippen LogP contribution >= 0.6 is 0 Å². The first-order valence-electron chi connectivity index (χ1n) is 7.38. The molecule has 0 bridgehead atoms. The molecule has 2 nitrogen and oxygen atoms in total. The molecule has 0 fully saturated rings. The van der Waals surface area contributed by atoms with Crippen LogP contribution in [0.3, 0.4) is 0 Å². The van der Waals surface area contributed by atoms with Crippen LogP contribution in [0.15, 0.2) is 57.4 Å². The summed E-state index contributed by atoms with van der Waals surface area (Å²) in [5.41, 5.74) is 4.14. The van der Waals surface area contributed by atoms with Crippen molar-refractivity contribution in [2.24, 2.45) is 0 Å². The summed E-state index contributed by atoms with van der Waals surface area (Å²) in [4.78, 5) is 0. The van der Waals surface area contributed by atoms with Crippen LogP contribution in [0, 0.1) is 13.8 Å². The van der Waals surface area contributed by atoms with Crippen LogP contribution in [0.25, 0.3) is 34.1 Å². The Kier molecular flexibility index (Phi) is 2.90. The Balaban J connectivity index is 1.79. The number of fused-ring (bicyclic) bond motifs is 2. The summed E-state index contributed by atoms with van der Waals surface area (Å²) in [7, 11) is 0. The SMILES string of the molecule is Cc1c(/C=C\c2oc3ccccc3c2C)oc2ccccc12. The molecule has 0 atom stereocenters. The average Bonchev–Trinajstić information content (AvgIpc) is 3.04. The monoisotopic (exact) mass is 288 g/mol. The largest absolute Gasteiger partial charge is 0.456 e. The van der Waals surface area contributed by atoms with Gasteiger partial charge in [-0.3, -0.25) is 0 Å². The molecule has 0 amide bonds. The predicted octanol–water partition coefficient (Wildman–Crippen LogP) is 5.97. The molecule has 2 aromatic carbocycles. The minimum atomic E-state index is 0.876. The molecule has 22 heavy (non-hydrogen) atoms. The molecule has 0 unspecified atom stereocenters. The van der Waals surface area contributed by atoms with Gasteiger partial charge in [0.25, 0.3) is 0 Å². The van der Waals surface area contributed by atoms with Crippen LogP contribution in [0.5, 0.6) is 0 Å². The highest BCUT2D eigenvalue weighted by molar-refractivity contribution is 5.88. The predicted molar refractivity (Wildman–Crippen MR) is 90.8 cm³/mol. The highest BCUT2D eigenvalue weighted by Gasteiger charge is 2.09. The maximum absolute atomic E-state index is 5.91. The van der Waals surface area contributed by atoms with Gasteiger partial charge in [-0.2, -0.15) is 0 Å². The molecule has 0 saturated heterocycles. The van der Waals surface area contributed by atoms with E-state index in [4.69, 9.17) is 8.83 Å². The number of rotatable bonds is 2. The maximum Gasteiger partial charge on any atom is 0.135 e.